The van der Waals surface area contributed by atoms with Gasteiger partial charge in [0, 0.05) is 10.8 Å². The van der Waals surface area contributed by atoms with E-state index in [1.165, 1.54) is 11.9 Å². The lowest BCUT2D eigenvalue weighted by atomic mass is 10.1. The van der Waals surface area contributed by atoms with Gasteiger partial charge < -0.3 is 14.6 Å². The molecule has 0 atom stereocenters. The Hall–Kier alpha value is -1.75. The zero-order valence-electron chi connectivity index (χ0n) is 11.1. The van der Waals surface area contributed by atoms with Gasteiger partial charge in [0.2, 0.25) is 17.4 Å². The fraction of sp³-hybridized carbons (Fsp3) is 0.286. The van der Waals surface area contributed by atoms with Crippen molar-refractivity contribution < 1.29 is 14.6 Å². The van der Waals surface area contributed by atoms with E-state index < -0.39 is 0 Å². The standard InChI is InChI=1S/C14H17NO3S/c1-8(2)19-15-14-12(17)11(16)13(18-14)10-6-4-9(3)5-7-10/h4-8,15-17H,1-3H3. The molecule has 0 bridgehead atoms. The molecule has 0 fully saturated rings. The van der Waals surface area contributed by atoms with Gasteiger partial charge in [0.15, 0.2) is 5.76 Å². The molecular formula is C14H17NO3S. The van der Waals surface area contributed by atoms with Crippen molar-refractivity contribution in [3.63, 3.8) is 0 Å². The molecule has 0 spiro atoms. The fourth-order valence-corrected chi connectivity index (χ4v) is 2.04. The van der Waals surface area contributed by atoms with E-state index in [9.17, 15) is 10.2 Å². The Kier molecular flexibility index (Phi) is 3.95. The first kappa shape index (κ1) is 13.7. The molecule has 1 aromatic heterocycles. The summed E-state index contributed by atoms with van der Waals surface area (Å²) in [5.74, 6) is -0.0597. The second kappa shape index (κ2) is 5.48. The Morgan fingerprint density at radius 1 is 1.11 bits per heavy atom. The lowest BCUT2D eigenvalue weighted by molar-refractivity contribution is 0.410. The van der Waals surface area contributed by atoms with Gasteiger partial charge in [-0.1, -0.05) is 43.7 Å². The molecule has 0 unspecified atom stereocenters. The number of hydrogen-bond donors (Lipinski definition) is 3. The van der Waals surface area contributed by atoms with Crippen LogP contribution in [-0.4, -0.2) is 15.5 Å². The summed E-state index contributed by atoms with van der Waals surface area (Å²) in [6, 6.07) is 7.52. The van der Waals surface area contributed by atoms with Crippen LogP contribution in [0.3, 0.4) is 0 Å². The summed E-state index contributed by atoms with van der Waals surface area (Å²) in [5, 5.41) is 20.1. The van der Waals surface area contributed by atoms with Crippen LogP contribution in [0.5, 0.6) is 11.5 Å². The lowest BCUT2D eigenvalue weighted by Gasteiger charge is -2.04. The van der Waals surface area contributed by atoms with E-state index in [2.05, 4.69) is 4.72 Å². The highest BCUT2D eigenvalue weighted by Gasteiger charge is 2.20. The molecule has 0 aliphatic heterocycles. The number of nitrogens with one attached hydrogen (secondary N) is 1. The van der Waals surface area contributed by atoms with E-state index in [0.29, 0.717) is 5.25 Å². The average molecular weight is 279 g/mol. The molecule has 1 aromatic carbocycles. The third-order valence-electron chi connectivity index (χ3n) is 2.56. The van der Waals surface area contributed by atoms with Crippen molar-refractivity contribution in [2.75, 3.05) is 4.72 Å². The summed E-state index contributed by atoms with van der Waals surface area (Å²) >= 11 is 1.40. The van der Waals surface area contributed by atoms with Crippen LogP contribution in [0.25, 0.3) is 11.3 Å². The molecule has 0 saturated heterocycles. The molecule has 4 nitrogen and oxygen atoms in total. The summed E-state index contributed by atoms with van der Waals surface area (Å²) in [6.07, 6.45) is 0. The van der Waals surface area contributed by atoms with Crippen LogP contribution in [0.2, 0.25) is 0 Å². The van der Waals surface area contributed by atoms with Gasteiger partial charge in [0.05, 0.1) is 0 Å². The van der Waals surface area contributed by atoms with Crippen LogP contribution < -0.4 is 4.72 Å². The van der Waals surface area contributed by atoms with E-state index in [1.54, 1.807) is 0 Å². The van der Waals surface area contributed by atoms with Crippen molar-refractivity contribution in [3.8, 4) is 22.8 Å². The quantitative estimate of drug-likeness (QED) is 0.734. The molecule has 1 heterocycles. The molecule has 2 aromatic rings. The first-order valence-electron chi connectivity index (χ1n) is 6.02. The molecule has 0 aliphatic carbocycles. The predicted molar refractivity (Wildman–Crippen MR) is 78.6 cm³/mol. The lowest BCUT2D eigenvalue weighted by Crippen LogP contribution is -1.93. The Labute approximate surface area is 116 Å². The number of furan rings is 1. The third kappa shape index (κ3) is 2.98. The fourth-order valence-electron chi connectivity index (χ4n) is 1.55. The van der Waals surface area contributed by atoms with Crippen LogP contribution >= 0.6 is 11.9 Å². The van der Waals surface area contributed by atoms with Gasteiger partial charge in [-0.3, -0.25) is 4.72 Å². The maximum Gasteiger partial charge on any atom is 0.250 e. The molecule has 3 N–H and O–H groups in total. The monoisotopic (exact) mass is 279 g/mol. The first-order chi connectivity index (χ1) is 8.99. The van der Waals surface area contributed by atoms with Crippen LogP contribution in [0, 0.1) is 6.92 Å². The first-order valence-corrected chi connectivity index (χ1v) is 6.90. The summed E-state index contributed by atoms with van der Waals surface area (Å²) in [7, 11) is 0. The molecule has 2 rings (SSSR count). The highest BCUT2D eigenvalue weighted by Crippen LogP contribution is 2.46. The molecule has 0 amide bonds. The maximum atomic E-state index is 9.91. The van der Waals surface area contributed by atoms with Gasteiger partial charge >= 0.3 is 0 Å². The zero-order valence-corrected chi connectivity index (χ0v) is 11.9. The Balaban J connectivity index is 2.31. The van der Waals surface area contributed by atoms with Crippen LogP contribution in [0.4, 0.5) is 5.88 Å². The van der Waals surface area contributed by atoms with Crippen molar-refractivity contribution in [1.82, 2.24) is 0 Å². The van der Waals surface area contributed by atoms with E-state index in [1.807, 2.05) is 45.0 Å². The molecule has 0 radical (unpaired) electrons. The SMILES string of the molecule is Cc1ccc(-c2oc(NSC(C)C)c(O)c2O)cc1. The number of hydrogen-bond acceptors (Lipinski definition) is 5. The normalized spacial score (nSPS) is 10.9. The summed E-state index contributed by atoms with van der Waals surface area (Å²) in [5.41, 5.74) is 1.84. The van der Waals surface area contributed by atoms with Crippen LogP contribution in [-0.2, 0) is 0 Å². The molecule has 19 heavy (non-hydrogen) atoms. The van der Waals surface area contributed by atoms with Gasteiger partial charge in [-0.15, -0.1) is 0 Å². The summed E-state index contributed by atoms with van der Waals surface area (Å²) in [6.45, 7) is 6.01. The smallest absolute Gasteiger partial charge is 0.250 e. The van der Waals surface area contributed by atoms with Crippen LogP contribution in [0.1, 0.15) is 19.4 Å². The van der Waals surface area contributed by atoms with E-state index in [0.717, 1.165) is 11.1 Å². The Bertz CT molecular complexity index is 561. The van der Waals surface area contributed by atoms with E-state index in [-0.39, 0.29) is 23.1 Å². The highest BCUT2D eigenvalue weighted by molar-refractivity contribution is 8.01. The number of anilines is 1. The Morgan fingerprint density at radius 2 is 1.74 bits per heavy atom. The van der Waals surface area contributed by atoms with Gasteiger partial charge in [0.25, 0.3) is 0 Å². The number of rotatable bonds is 4. The van der Waals surface area contributed by atoms with Crippen LogP contribution in [0.15, 0.2) is 28.7 Å². The van der Waals surface area contributed by atoms with Crippen molar-refractivity contribution >= 4 is 17.8 Å². The van der Waals surface area contributed by atoms with Gasteiger partial charge in [-0.25, -0.2) is 0 Å². The van der Waals surface area contributed by atoms with Gasteiger partial charge in [0.1, 0.15) is 0 Å². The summed E-state index contributed by atoms with van der Waals surface area (Å²) < 4.78 is 8.38. The minimum absolute atomic E-state index is 0.173. The van der Waals surface area contributed by atoms with Crippen molar-refractivity contribution in [3.05, 3.63) is 29.8 Å². The highest BCUT2D eigenvalue weighted by atomic mass is 32.2. The molecular weight excluding hydrogens is 262 g/mol. The minimum Gasteiger partial charge on any atom is -0.502 e. The molecule has 5 heteroatoms. The minimum atomic E-state index is -0.260. The van der Waals surface area contributed by atoms with Crippen molar-refractivity contribution in [2.45, 2.75) is 26.0 Å². The third-order valence-corrected chi connectivity index (χ3v) is 3.33. The van der Waals surface area contributed by atoms with Crippen molar-refractivity contribution in [2.24, 2.45) is 0 Å². The van der Waals surface area contributed by atoms with Gasteiger partial charge in [-0.05, 0) is 18.9 Å². The molecule has 0 aliphatic rings. The van der Waals surface area contributed by atoms with Crippen molar-refractivity contribution in [1.29, 1.82) is 0 Å². The topological polar surface area (TPSA) is 65.6 Å². The second-order valence-corrected chi connectivity index (χ2v) is 5.97. The molecule has 102 valence electrons. The van der Waals surface area contributed by atoms with E-state index in [4.69, 9.17) is 4.42 Å². The average Bonchev–Trinajstić information content (AvgIpc) is 2.65. The maximum absolute atomic E-state index is 9.91. The molecule has 0 saturated carbocycles. The Morgan fingerprint density at radius 3 is 2.32 bits per heavy atom. The number of benzene rings is 1. The zero-order chi connectivity index (χ0) is 14.0. The van der Waals surface area contributed by atoms with E-state index >= 15 is 0 Å². The number of aromatic hydroxyl groups is 2. The largest absolute Gasteiger partial charge is 0.502 e. The van der Waals surface area contributed by atoms with Gasteiger partial charge in [-0.2, -0.15) is 0 Å². The summed E-state index contributed by atoms with van der Waals surface area (Å²) in [4.78, 5) is 0. The predicted octanol–water partition coefficient (Wildman–Crippen LogP) is 4.13. The second-order valence-electron chi connectivity index (χ2n) is 4.59. The number of aryl methyl sites for hydroxylation is 1.